The Labute approximate surface area is 123 Å². The first-order valence-electron chi connectivity index (χ1n) is 7.02. The van der Waals surface area contributed by atoms with Crippen LogP contribution in [0.15, 0.2) is 36.4 Å². The molecule has 2 heterocycles. The standard InChI is InChI=1S/C16H17N3O2/c1-11-4-2-3-5-13(11)12-8-9-19(10-12)15-7-6-14(16(20)21)17-18-15/h2-7,12H,8-10H2,1H3,(H,20,21). The molecule has 108 valence electrons. The molecule has 1 fully saturated rings. The number of rotatable bonds is 3. The lowest BCUT2D eigenvalue weighted by molar-refractivity contribution is 0.0689. The van der Waals surface area contributed by atoms with Crippen molar-refractivity contribution in [2.24, 2.45) is 0 Å². The molecule has 21 heavy (non-hydrogen) atoms. The van der Waals surface area contributed by atoms with Crippen LogP contribution in [0.4, 0.5) is 5.82 Å². The molecule has 0 aliphatic carbocycles. The largest absolute Gasteiger partial charge is 0.476 e. The molecule has 1 aromatic heterocycles. The van der Waals surface area contributed by atoms with E-state index >= 15 is 0 Å². The predicted molar refractivity (Wildman–Crippen MR) is 79.7 cm³/mol. The fourth-order valence-electron chi connectivity index (χ4n) is 2.88. The lowest BCUT2D eigenvalue weighted by Gasteiger charge is -2.17. The van der Waals surface area contributed by atoms with Crippen LogP contribution in [-0.2, 0) is 0 Å². The lowest BCUT2D eigenvalue weighted by Crippen LogP contribution is -2.21. The number of carboxylic acids is 1. The number of hydrogen-bond acceptors (Lipinski definition) is 4. The molecule has 1 aliphatic rings. The van der Waals surface area contributed by atoms with Crippen LogP contribution in [-0.4, -0.2) is 34.4 Å². The number of aromatic carboxylic acids is 1. The number of anilines is 1. The minimum absolute atomic E-state index is 0.0200. The van der Waals surface area contributed by atoms with Gasteiger partial charge in [-0.05, 0) is 36.6 Å². The lowest BCUT2D eigenvalue weighted by atomic mass is 9.94. The zero-order valence-electron chi connectivity index (χ0n) is 11.9. The fourth-order valence-corrected chi connectivity index (χ4v) is 2.88. The molecule has 5 nitrogen and oxygen atoms in total. The van der Waals surface area contributed by atoms with Crippen LogP contribution in [0, 0.1) is 6.92 Å². The molecular weight excluding hydrogens is 266 g/mol. The Balaban J connectivity index is 1.75. The molecule has 0 saturated carbocycles. The maximum absolute atomic E-state index is 10.8. The van der Waals surface area contributed by atoms with Crippen LogP contribution in [0.2, 0.25) is 0 Å². The van der Waals surface area contributed by atoms with Crippen molar-refractivity contribution >= 4 is 11.8 Å². The molecule has 3 rings (SSSR count). The first kappa shape index (κ1) is 13.5. The molecule has 1 N–H and O–H groups in total. The maximum Gasteiger partial charge on any atom is 0.356 e. The first-order chi connectivity index (χ1) is 10.1. The van der Waals surface area contributed by atoms with Crippen LogP contribution >= 0.6 is 0 Å². The van der Waals surface area contributed by atoms with Gasteiger partial charge in [0, 0.05) is 19.0 Å². The van der Waals surface area contributed by atoms with Gasteiger partial charge in [-0.2, -0.15) is 0 Å². The van der Waals surface area contributed by atoms with Gasteiger partial charge in [0.05, 0.1) is 0 Å². The summed E-state index contributed by atoms with van der Waals surface area (Å²) in [5.41, 5.74) is 2.68. The summed E-state index contributed by atoms with van der Waals surface area (Å²) in [6, 6.07) is 11.7. The summed E-state index contributed by atoms with van der Waals surface area (Å²) < 4.78 is 0. The first-order valence-corrected chi connectivity index (χ1v) is 7.02. The summed E-state index contributed by atoms with van der Waals surface area (Å²) >= 11 is 0. The van der Waals surface area contributed by atoms with E-state index in [-0.39, 0.29) is 5.69 Å². The Morgan fingerprint density at radius 1 is 1.24 bits per heavy atom. The molecule has 0 radical (unpaired) electrons. The van der Waals surface area contributed by atoms with Crippen molar-refractivity contribution in [2.45, 2.75) is 19.3 Å². The highest BCUT2D eigenvalue weighted by molar-refractivity contribution is 5.85. The number of aromatic nitrogens is 2. The third-order valence-corrected chi connectivity index (χ3v) is 4.01. The Hall–Kier alpha value is -2.43. The molecule has 0 amide bonds. The summed E-state index contributed by atoms with van der Waals surface area (Å²) in [6.07, 6.45) is 1.08. The van der Waals surface area contributed by atoms with Crippen LogP contribution in [0.1, 0.15) is 34.0 Å². The van der Waals surface area contributed by atoms with Gasteiger partial charge < -0.3 is 10.0 Å². The van der Waals surface area contributed by atoms with Crippen molar-refractivity contribution in [2.75, 3.05) is 18.0 Å². The molecule has 1 aliphatic heterocycles. The van der Waals surface area contributed by atoms with Crippen LogP contribution in [0.3, 0.4) is 0 Å². The highest BCUT2D eigenvalue weighted by Gasteiger charge is 2.26. The minimum Gasteiger partial charge on any atom is -0.476 e. The molecular formula is C16H17N3O2. The summed E-state index contributed by atoms with van der Waals surface area (Å²) in [7, 11) is 0. The fraction of sp³-hybridized carbons (Fsp3) is 0.312. The molecule has 1 unspecified atom stereocenters. The third-order valence-electron chi connectivity index (χ3n) is 4.01. The highest BCUT2D eigenvalue weighted by atomic mass is 16.4. The van der Waals surface area contributed by atoms with Crippen molar-refractivity contribution in [3.05, 3.63) is 53.2 Å². The van der Waals surface area contributed by atoms with Crippen molar-refractivity contribution in [3.63, 3.8) is 0 Å². The Morgan fingerprint density at radius 3 is 2.71 bits per heavy atom. The molecule has 1 aromatic carbocycles. The average molecular weight is 283 g/mol. The summed E-state index contributed by atoms with van der Waals surface area (Å²) in [6.45, 7) is 3.95. The summed E-state index contributed by atoms with van der Waals surface area (Å²) in [5, 5.41) is 16.6. The van der Waals surface area contributed by atoms with Gasteiger partial charge in [-0.15, -0.1) is 10.2 Å². The molecule has 1 atom stereocenters. The van der Waals surface area contributed by atoms with Crippen molar-refractivity contribution in [1.29, 1.82) is 0 Å². The average Bonchev–Trinajstić information content (AvgIpc) is 2.97. The van der Waals surface area contributed by atoms with Crippen molar-refractivity contribution in [1.82, 2.24) is 10.2 Å². The maximum atomic E-state index is 10.8. The molecule has 2 aromatic rings. The minimum atomic E-state index is -1.05. The van der Waals surface area contributed by atoms with E-state index in [2.05, 4.69) is 46.3 Å². The van der Waals surface area contributed by atoms with Gasteiger partial charge in [-0.1, -0.05) is 24.3 Å². The van der Waals surface area contributed by atoms with E-state index in [0.717, 1.165) is 25.3 Å². The Kier molecular flexibility index (Phi) is 3.56. The normalized spacial score (nSPS) is 18.0. The number of benzene rings is 1. The van der Waals surface area contributed by atoms with E-state index in [0.29, 0.717) is 5.92 Å². The van der Waals surface area contributed by atoms with E-state index in [9.17, 15) is 4.79 Å². The molecule has 0 spiro atoms. The molecule has 0 bridgehead atoms. The van der Waals surface area contributed by atoms with Crippen molar-refractivity contribution in [3.8, 4) is 0 Å². The van der Waals surface area contributed by atoms with E-state index in [1.807, 2.05) is 0 Å². The highest BCUT2D eigenvalue weighted by Crippen LogP contribution is 2.31. The number of aryl methyl sites for hydroxylation is 1. The van der Waals surface area contributed by atoms with E-state index in [1.165, 1.54) is 17.2 Å². The summed E-state index contributed by atoms with van der Waals surface area (Å²) in [4.78, 5) is 13.0. The zero-order valence-corrected chi connectivity index (χ0v) is 11.9. The topological polar surface area (TPSA) is 66.3 Å². The second kappa shape index (κ2) is 5.52. The number of hydrogen-bond donors (Lipinski definition) is 1. The van der Waals surface area contributed by atoms with Crippen LogP contribution < -0.4 is 4.90 Å². The Bertz CT molecular complexity index is 655. The van der Waals surface area contributed by atoms with E-state index in [1.54, 1.807) is 6.07 Å². The number of carboxylic acid groups (broad SMARTS) is 1. The van der Waals surface area contributed by atoms with Gasteiger partial charge in [0.25, 0.3) is 0 Å². The molecule has 1 saturated heterocycles. The number of nitrogens with zero attached hydrogens (tertiary/aromatic N) is 3. The smallest absolute Gasteiger partial charge is 0.356 e. The van der Waals surface area contributed by atoms with E-state index in [4.69, 9.17) is 5.11 Å². The van der Waals surface area contributed by atoms with Gasteiger partial charge in [0.2, 0.25) is 0 Å². The summed E-state index contributed by atoms with van der Waals surface area (Å²) in [5.74, 6) is 0.191. The van der Waals surface area contributed by atoms with E-state index < -0.39 is 5.97 Å². The quantitative estimate of drug-likeness (QED) is 0.937. The van der Waals surface area contributed by atoms with Gasteiger partial charge in [-0.25, -0.2) is 4.79 Å². The van der Waals surface area contributed by atoms with Crippen LogP contribution in [0.5, 0.6) is 0 Å². The number of carbonyl (C=O) groups is 1. The monoisotopic (exact) mass is 283 g/mol. The third kappa shape index (κ3) is 2.72. The van der Waals surface area contributed by atoms with Gasteiger partial charge in [0.15, 0.2) is 11.5 Å². The predicted octanol–water partition coefficient (Wildman–Crippen LogP) is 2.48. The Morgan fingerprint density at radius 2 is 2.05 bits per heavy atom. The van der Waals surface area contributed by atoms with Gasteiger partial charge >= 0.3 is 5.97 Å². The zero-order chi connectivity index (χ0) is 14.8. The van der Waals surface area contributed by atoms with Crippen LogP contribution in [0.25, 0.3) is 0 Å². The van der Waals surface area contributed by atoms with Gasteiger partial charge in [0.1, 0.15) is 0 Å². The molecule has 5 heteroatoms. The second-order valence-corrected chi connectivity index (χ2v) is 5.37. The van der Waals surface area contributed by atoms with Gasteiger partial charge in [-0.3, -0.25) is 0 Å². The van der Waals surface area contributed by atoms with Crippen molar-refractivity contribution < 1.29 is 9.90 Å². The second-order valence-electron chi connectivity index (χ2n) is 5.37. The SMILES string of the molecule is Cc1ccccc1C1CCN(c2ccc(C(=O)O)nn2)C1.